The zero-order valence-corrected chi connectivity index (χ0v) is 22.5. The van der Waals surface area contributed by atoms with Crippen LogP contribution in [0.1, 0.15) is 36.2 Å². The Kier molecular flexibility index (Phi) is 7.85. The summed E-state index contributed by atoms with van der Waals surface area (Å²) in [6, 6.07) is 13.0. The Morgan fingerprint density at radius 3 is 2.13 bits per heavy atom. The van der Waals surface area contributed by atoms with Crippen LogP contribution >= 0.6 is 0 Å². The van der Waals surface area contributed by atoms with Crippen molar-refractivity contribution in [3.8, 4) is 11.5 Å². The molecule has 0 radical (unpaired) electrons. The van der Waals surface area contributed by atoms with Gasteiger partial charge in [0.25, 0.3) is 11.8 Å². The Morgan fingerprint density at radius 1 is 0.895 bits per heavy atom. The summed E-state index contributed by atoms with van der Waals surface area (Å²) >= 11 is 0. The van der Waals surface area contributed by atoms with Crippen LogP contribution in [0.15, 0.2) is 65.6 Å². The molecule has 2 aromatic carbocycles. The summed E-state index contributed by atoms with van der Waals surface area (Å²) in [4.78, 5) is 30.0. The molecule has 2 aliphatic rings. The Hall–Kier alpha value is -4.14. The van der Waals surface area contributed by atoms with Gasteiger partial charge in [-0.15, -0.1) is 0 Å². The number of benzene rings is 2. The summed E-state index contributed by atoms with van der Waals surface area (Å²) < 4.78 is 16.9. The third kappa shape index (κ3) is 5.56. The zero-order chi connectivity index (χ0) is 27.4. The van der Waals surface area contributed by atoms with Crippen LogP contribution in [0.4, 0.5) is 5.69 Å². The van der Waals surface area contributed by atoms with Gasteiger partial charge >= 0.3 is 0 Å². The Balaban J connectivity index is 1.42. The number of nitrogens with zero attached hydrogens (tertiary/aromatic N) is 2. The molecule has 0 bridgehead atoms. The molecule has 0 spiro atoms. The molecule has 202 valence electrons. The van der Waals surface area contributed by atoms with E-state index < -0.39 is 0 Å². The lowest BCUT2D eigenvalue weighted by Crippen LogP contribution is -2.51. The van der Waals surface area contributed by atoms with Crippen molar-refractivity contribution < 1.29 is 23.8 Å². The molecule has 4 rings (SSSR count). The van der Waals surface area contributed by atoms with Gasteiger partial charge in [-0.05, 0) is 24.1 Å². The molecule has 4 N–H and O–H groups in total. The first-order chi connectivity index (χ1) is 18.1. The number of anilines is 1. The maximum Gasteiger partial charge on any atom is 0.256 e. The lowest BCUT2D eigenvalue weighted by Gasteiger charge is -2.37. The largest absolute Gasteiger partial charge is 0.500 e. The van der Waals surface area contributed by atoms with Gasteiger partial charge in [-0.3, -0.25) is 9.59 Å². The van der Waals surface area contributed by atoms with E-state index in [2.05, 4.69) is 0 Å². The van der Waals surface area contributed by atoms with Crippen molar-refractivity contribution in [2.75, 3.05) is 46.1 Å². The van der Waals surface area contributed by atoms with Gasteiger partial charge < -0.3 is 35.5 Å². The van der Waals surface area contributed by atoms with Crippen molar-refractivity contribution in [2.24, 2.45) is 11.1 Å². The molecule has 1 aliphatic carbocycles. The van der Waals surface area contributed by atoms with E-state index in [1.807, 2.05) is 44.2 Å². The number of nitrogen functional groups attached to an aromatic ring is 1. The molecule has 1 saturated heterocycles. The highest BCUT2D eigenvalue weighted by atomic mass is 16.5. The summed E-state index contributed by atoms with van der Waals surface area (Å²) in [6.45, 7) is 5.93. The predicted molar refractivity (Wildman–Crippen MR) is 145 cm³/mol. The van der Waals surface area contributed by atoms with Crippen LogP contribution in [0.3, 0.4) is 0 Å². The fourth-order valence-corrected chi connectivity index (χ4v) is 4.83. The van der Waals surface area contributed by atoms with Crippen molar-refractivity contribution in [3.05, 3.63) is 76.7 Å². The van der Waals surface area contributed by atoms with Crippen LogP contribution in [0.2, 0.25) is 0 Å². The predicted octanol–water partition coefficient (Wildman–Crippen LogP) is 3.31. The highest BCUT2D eigenvalue weighted by Gasteiger charge is 2.35. The number of rotatable bonds is 7. The monoisotopic (exact) mass is 520 g/mol. The third-order valence-electron chi connectivity index (χ3n) is 7.03. The average Bonchev–Trinajstić information content (AvgIpc) is 2.91. The minimum absolute atomic E-state index is 0.152. The van der Waals surface area contributed by atoms with E-state index in [9.17, 15) is 9.59 Å². The van der Waals surface area contributed by atoms with Gasteiger partial charge in [-0.1, -0.05) is 44.2 Å². The fraction of sp³-hybridized carbons (Fsp3) is 0.379. The first kappa shape index (κ1) is 26.9. The first-order valence-corrected chi connectivity index (χ1v) is 12.6. The quantitative estimate of drug-likeness (QED) is 0.538. The Labute approximate surface area is 223 Å². The third-order valence-corrected chi connectivity index (χ3v) is 7.03. The van der Waals surface area contributed by atoms with Crippen molar-refractivity contribution in [2.45, 2.75) is 26.9 Å². The number of amides is 2. The van der Waals surface area contributed by atoms with E-state index in [1.54, 1.807) is 35.1 Å². The van der Waals surface area contributed by atoms with Gasteiger partial charge in [0.05, 0.1) is 25.4 Å². The van der Waals surface area contributed by atoms with Crippen molar-refractivity contribution in [1.29, 1.82) is 0 Å². The summed E-state index contributed by atoms with van der Waals surface area (Å²) in [5.74, 6) is 1.24. The smallest absolute Gasteiger partial charge is 0.256 e. The second-order valence-corrected chi connectivity index (χ2v) is 10.2. The second kappa shape index (κ2) is 11.1. The number of hydrogen-bond donors (Lipinski definition) is 2. The molecule has 0 unspecified atom stereocenters. The first-order valence-electron chi connectivity index (χ1n) is 12.6. The van der Waals surface area contributed by atoms with E-state index in [4.69, 9.17) is 25.7 Å². The SMILES string of the molecule is COC1=CC(C(=O)N2CCN(C(=O)c3cc(OC)c(OCc4ccccc4)cc3N)CC2)=C(N)CC1(C)C. The van der Waals surface area contributed by atoms with E-state index in [0.717, 1.165) is 11.3 Å². The molecule has 2 amide bonds. The van der Waals surface area contributed by atoms with E-state index in [0.29, 0.717) is 73.2 Å². The van der Waals surface area contributed by atoms with Crippen LogP contribution in [-0.2, 0) is 16.1 Å². The van der Waals surface area contributed by atoms with Gasteiger partial charge in [0.2, 0.25) is 0 Å². The zero-order valence-electron chi connectivity index (χ0n) is 22.5. The number of methoxy groups -OCH3 is 2. The number of carbonyl (C=O) groups excluding carboxylic acids is 2. The van der Waals surface area contributed by atoms with Crippen molar-refractivity contribution in [1.82, 2.24) is 9.80 Å². The molecule has 1 fully saturated rings. The van der Waals surface area contributed by atoms with Gasteiger partial charge in [0.15, 0.2) is 11.5 Å². The van der Waals surface area contributed by atoms with Crippen LogP contribution < -0.4 is 20.9 Å². The van der Waals surface area contributed by atoms with E-state index in [1.165, 1.54) is 7.11 Å². The molecule has 0 aromatic heterocycles. The Bertz CT molecular complexity index is 1260. The number of nitrogens with two attached hydrogens (primary N) is 2. The molecule has 0 saturated carbocycles. The van der Waals surface area contributed by atoms with Crippen LogP contribution in [-0.4, -0.2) is 62.0 Å². The molecule has 2 aromatic rings. The van der Waals surface area contributed by atoms with Crippen LogP contribution in [0.25, 0.3) is 0 Å². The fourth-order valence-electron chi connectivity index (χ4n) is 4.83. The number of hydrogen-bond acceptors (Lipinski definition) is 7. The maximum absolute atomic E-state index is 13.4. The minimum Gasteiger partial charge on any atom is -0.500 e. The second-order valence-electron chi connectivity index (χ2n) is 10.2. The van der Waals surface area contributed by atoms with Crippen LogP contribution in [0, 0.1) is 5.41 Å². The van der Waals surface area contributed by atoms with Crippen molar-refractivity contribution in [3.63, 3.8) is 0 Å². The number of carbonyl (C=O) groups is 2. The molecule has 9 heteroatoms. The lowest BCUT2D eigenvalue weighted by molar-refractivity contribution is -0.128. The van der Waals surface area contributed by atoms with Crippen molar-refractivity contribution >= 4 is 17.5 Å². The molecule has 9 nitrogen and oxygen atoms in total. The molecule has 38 heavy (non-hydrogen) atoms. The molecule has 1 aliphatic heterocycles. The average molecular weight is 521 g/mol. The minimum atomic E-state index is -0.267. The molecular formula is C29H36N4O5. The number of allylic oxidation sites excluding steroid dienone is 2. The molecule has 1 heterocycles. The van der Waals surface area contributed by atoms with E-state index in [-0.39, 0.29) is 17.2 Å². The van der Waals surface area contributed by atoms with Crippen LogP contribution in [0.5, 0.6) is 11.5 Å². The van der Waals surface area contributed by atoms with Gasteiger partial charge in [0.1, 0.15) is 12.4 Å². The van der Waals surface area contributed by atoms with Gasteiger partial charge in [-0.2, -0.15) is 0 Å². The molecule has 0 atom stereocenters. The highest BCUT2D eigenvalue weighted by Crippen LogP contribution is 2.38. The number of ether oxygens (including phenoxy) is 3. The summed E-state index contributed by atoms with van der Waals surface area (Å²) in [6.07, 6.45) is 2.28. The highest BCUT2D eigenvalue weighted by molar-refractivity contribution is 6.01. The lowest BCUT2D eigenvalue weighted by atomic mass is 9.80. The Morgan fingerprint density at radius 2 is 1.53 bits per heavy atom. The number of piperazine rings is 1. The summed E-state index contributed by atoms with van der Waals surface area (Å²) in [7, 11) is 3.12. The van der Waals surface area contributed by atoms with Gasteiger partial charge in [0, 0.05) is 49.0 Å². The van der Waals surface area contributed by atoms with Gasteiger partial charge in [-0.25, -0.2) is 0 Å². The normalized spacial score (nSPS) is 17.1. The summed E-state index contributed by atoms with van der Waals surface area (Å²) in [5, 5.41) is 0. The molecular weight excluding hydrogens is 484 g/mol. The standard InChI is InChI=1S/C29H36N4O5/c1-29(2)17-23(31)21(15-26(29)37-4)28(35)33-12-10-32(11-13-33)27(34)20-14-24(36-3)25(16-22(20)30)38-18-19-8-6-5-7-9-19/h5-9,14-16H,10-13,17-18,30-31H2,1-4H3. The summed E-state index contributed by atoms with van der Waals surface area (Å²) in [5.41, 5.74) is 14.9. The topological polar surface area (TPSA) is 120 Å². The van der Waals surface area contributed by atoms with E-state index >= 15 is 0 Å². The maximum atomic E-state index is 13.4.